The maximum absolute atomic E-state index is 13.2. The van der Waals surface area contributed by atoms with Gasteiger partial charge in [0.25, 0.3) is 0 Å². The first-order chi connectivity index (χ1) is 9.38. The van der Waals surface area contributed by atoms with Crippen LogP contribution in [0, 0.1) is 5.82 Å². The highest BCUT2D eigenvalue weighted by atomic mass is 35.5. The van der Waals surface area contributed by atoms with Crippen molar-refractivity contribution in [1.29, 1.82) is 0 Å². The number of halogens is 6. The SMILES string of the molecule is Fc1ccc(-c2cc(Cl)c(Cl)cc2Cl)c(OC(F)F)c1. The summed E-state index contributed by atoms with van der Waals surface area (Å²) >= 11 is 17.7. The van der Waals surface area contributed by atoms with E-state index >= 15 is 0 Å². The standard InChI is InChI=1S/C13H6Cl3F3O/c14-9-5-11(16)10(15)4-8(9)7-2-1-6(17)3-12(7)20-13(18)19/h1-5,13H. The number of alkyl halides is 2. The van der Waals surface area contributed by atoms with Crippen LogP contribution in [0.25, 0.3) is 11.1 Å². The molecule has 0 atom stereocenters. The van der Waals surface area contributed by atoms with Crippen LogP contribution in [0.15, 0.2) is 30.3 Å². The van der Waals surface area contributed by atoms with Crippen LogP contribution in [0.2, 0.25) is 15.1 Å². The van der Waals surface area contributed by atoms with E-state index in [2.05, 4.69) is 4.74 Å². The van der Waals surface area contributed by atoms with Crippen molar-refractivity contribution < 1.29 is 17.9 Å². The molecule has 2 aromatic carbocycles. The second-order valence-electron chi connectivity index (χ2n) is 3.77. The number of rotatable bonds is 3. The van der Waals surface area contributed by atoms with Crippen LogP contribution in [-0.2, 0) is 0 Å². The van der Waals surface area contributed by atoms with Crippen LogP contribution in [0.1, 0.15) is 0 Å². The molecule has 0 heterocycles. The molecule has 20 heavy (non-hydrogen) atoms. The third-order valence-corrected chi connectivity index (χ3v) is 3.49. The highest BCUT2D eigenvalue weighted by molar-refractivity contribution is 6.44. The molecule has 0 saturated heterocycles. The van der Waals surface area contributed by atoms with Gasteiger partial charge in [0, 0.05) is 17.2 Å². The third-order valence-electron chi connectivity index (χ3n) is 2.46. The van der Waals surface area contributed by atoms with E-state index in [4.69, 9.17) is 34.8 Å². The van der Waals surface area contributed by atoms with E-state index in [1.54, 1.807) is 0 Å². The Morgan fingerprint density at radius 2 is 1.50 bits per heavy atom. The Morgan fingerprint density at radius 3 is 2.15 bits per heavy atom. The Morgan fingerprint density at radius 1 is 0.850 bits per heavy atom. The lowest BCUT2D eigenvalue weighted by Crippen LogP contribution is -2.03. The van der Waals surface area contributed by atoms with Crippen molar-refractivity contribution >= 4 is 34.8 Å². The zero-order valence-electron chi connectivity index (χ0n) is 9.64. The minimum absolute atomic E-state index is 0.185. The molecule has 106 valence electrons. The van der Waals surface area contributed by atoms with Crippen molar-refractivity contribution in [1.82, 2.24) is 0 Å². The molecular weight excluding hydrogens is 335 g/mol. The van der Waals surface area contributed by atoms with Crippen LogP contribution < -0.4 is 4.74 Å². The van der Waals surface area contributed by atoms with Crippen LogP contribution >= 0.6 is 34.8 Å². The Hall–Kier alpha value is -1.10. The molecule has 0 spiro atoms. The van der Waals surface area contributed by atoms with Crippen molar-refractivity contribution in [2.24, 2.45) is 0 Å². The quantitative estimate of drug-likeness (QED) is 0.617. The number of hydrogen-bond acceptors (Lipinski definition) is 1. The third kappa shape index (κ3) is 3.32. The van der Waals surface area contributed by atoms with Gasteiger partial charge in [0.05, 0.1) is 15.1 Å². The number of ether oxygens (including phenoxy) is 1. The fourth-order valence-corrected chi connectivity index (χ4v) is 2.29. The minimum atomic E-state index is -3.09. The van der Waals surface area contributed by atoms with Gasteiger partial charge in [-0.1, -0.05) is 34.8 Å². The monoisotopic (exact) mass is 340 g/mol. The highest BCUT2D eigenvalue weighted by Crippen LogP contribution is 2.39. The summed E-state index contributed by atoms with van der Waals surface area (Å²) in [5.74, 6) is -1.04. The lowest BCUT2D eigenvalue weighted by atomic mass is 10.0. The molecule has 7 heteroatoms. The summed E-state index contributed by atoms with van der Waals surface area (Å²) in [4.78, 5) is 0. The molecule has 0 saturated carbocycles. The molecule has 1 nitrogen and oxygen atoms in total. The van der Waals surface area contributed by atoms with Gasteiger partial charge in [-0.25, -0.2) is 4.39 Å². The van der Waals surface area contributed by atoms with Crippen molar-refractivity contribution in [3.05, 3.63) is 51.2 Å². The van der Waals surface area contributed by atoms with Crippen LogP contribution in [0.4, 0.5) is 13.2 Å². The highest BCUT2D eigenvalue weighted by Gasteiger charge is 2.16. The van der Waals surface area contributed by atoms with Gasteiger partial charge in [-0.15, -0.1) is 0 Å². The van der Waals surface area contributed by atoms with Crippen molar-refractivity contribution in [2.45, 2.75) is 6.61 Å². The lowest BCUT2D eigenvalue weighted by molar-refractivity contribution is -0.0495. The van der Waals surface area contributed by atoms with Crippen molar-refractivity contribution in [3.8, 4) is 16.9 Å². The zero-order chi connectivity index (χ0) is 14.9. The molecule has 2 rings (SSSR count). The predicted octanol–water partition coefficient (Wildman–Crippen LogP) is 6.05. The summed E-state index contributed by atoms with van der Waals surface area (Å²) in [6.07, 6.45) is 0. The van der Waals surface area contributed by atoms with E-state index in [-0.39, 0.29) is 26.4 Å². The van der Waals surface area contributed by atoms with Crippen LogP contribution in [-0.4, -0.2) is 6.61 Å². The Balaban J connectivity index is 2.60. The van der Waals surface area contributed by atoms with Gasteiger partial charge < -0.3 is 4.74 Å². The Kier molecular flexibility index (Phi) is 4.68. The van der Waals surface area contributed by atoms with Crippen molar-refractivity contribution in [2.75, 3.05) is 0 Å². The first kappa shape index (κ1) is 15.3. The summed E-state index contributed by atoms with van der Waals surface area (Å²) in [5.41, 5.74) is 0.506. The largest absolute Gasteiger partial charge is 0.434 e. The molecule has 0 unspecified atom stereocenters. The second kappa shape index (κ2) is 6.12. The van der Waals surface area contributed by atoms with E-state index in [1.165, 1.54) is 18.2 Å². The molecule has 0 radical (unpaired) electrons. The van der Waals surface area contributed by atoms with Gasteiger partial charge >= 0.3 is 6.61 Å². The Bertz CT molecular complexity index is 647. The molecular formula is C13H6Cl3F3O. The summed E-state index contributed by atoms with van der Waals surface area (Å²) in [5, 5.41) is 0.599. The average Bonchev–Trinajstić information content (AvgIpc) is 2.34. The van der Waals surface area contributed by atoms with Crippen molar-refractivity contribution in [3.63, 3.8) is 0 Å². The van der Waals surface area contributed by atoms with Gasteiger partial charge in [0.15, 0.2) is 0 Å². The van der Waals surface area contributed by atoms with E-state index < -0.39 is 12.4 Å². The molecule has 0 aliphatic heterocycles. The maximum atomic E-state index is 13.2. The molecule has 0 bridgehead atoms. The average molecular weight is 342 g/mol. The molecule has 2 aromatic rings. The summed E-state index contributed by atoms with van der Waals surface area (Å²) in [7, 11) is 0. The van der Waals surface area contributed by atoms with E-state index in [0.29, 0.717) is 5.56 Å². The normalized spacial score (nSPS) is 10.9. The fraction of sp³-hybridized carbons (Fsp3) is 0.0769. The number of hydrogen-bond donors (Lipinski definition) is 0. The first-order valence-electron chi connectivity index (χ1n) is 5.27. The predicted molar refractivity (Wildman–Crippen MR) is 73.5 cm³/mol. The maximum Gasteiger partial charge on any atom is 0.387 e. The molecule has 0 aromatic heterocycles. The zero-order valence-corrected chi connectivity index (χ0v) is 11.9. The van der Waals surface area contributed by atoms with Gasteiger partial charge in [-0.2, -0.15) is 8.78 Å². The minimum Gasteiger partial charge on any atom is -0.434 e. The van der Waals surface area contributed by atoms with Crippen LogP contribution in [0.5, 0.6) is 5.75 Å². The van der Waals surface area contributed by atoms with E-state index in [1.807, 2.05) is 0 Å². The lowest BCUT2D eigenvalue weighted by Gasteiger charge is -2.13. The Labute approximate surface area is 127 Å². The van der Waals surface area contributed by atoms with Gasteiger partial charge in [-0.3, -0.25) is 0 Å². The first-order valence-corrected chi connectivity index (χ1v) is 6.41. The van der Waals surface area contributed by atoms with Gasteiger partial charge in [-0.05, 0) is 24.3 Å². The fourth-order valence-electron chi connectivity index (χ4n) is 1.64. The van der Waals surface area contributed by atoms with E-state index in [9.17, 15) is 13.2 Å². The molecule has 0 aliphatic carbocycles. The summed E-state index contributed by atoms with van der Waals surface area (Å²) < 4.78 is 42.2. The smallest absolute Gasteiger partial charge is 0.387 e. The van der Waals surface area contributed by atoms with Gasteiger partial charge in [0.1, 0.15) is 11.6 Å². The molecule has 0 N–H and O–H groups in total. The topological polar surface area (TPSA) is 9.23 Å². The van der Waals surface area contributed by atoms with E-state index in [0.717, 1.165) is 12.1 Å². The van der Waals surface area contributed by atoms with Crippen LogP contribution in [0.3, 0.4) is 0 Å². The summed E-state index contributed by atoms with van der Waals surface area (Å²) in [6, 6.07) is 6.00. The van der Waals surface area contributed by atoms with Gasteiger partial charge in [0.2, 0.25) is 0 Å². The number of benzene rings is 2. The molecule has 0 aliphatic rings. The molecule has 0 amide bonds. The second-order valence-corrected chi connectivity index (χ2v) is 4.99. The molecule has 0 fully saturated rings. The summed E-state index contributed by atoms with van der Waals surface area (Å²) in [6.45, 7) is -3.09.